The molecule has 1 unspecified atom stereocenters. The van der Waals surface area contributed by atoms with Crippen molar-refractivity contribution in [1.29, 1.82) is 0 Å². The van der Waals surface area contributed by atoms with E-state index in [-0.39, 0.29) is 13.0 Å². The molecule has 3 rings (SSSR count). The van der Waals surface area contributed by atoms with Crippen molar-refractivity contribution in [2.24, 2.45) is 0 Å². The van der Waals surface area contributed by atoms with Crippen molar-refractivity contribution in [2.75, 3.05) is 13.7 Å². The number of benzene rings is 1. The smallest absolute Gasteiger partial charge is 0.330 e. The fourth-order valence-electron chi connectivity index (χ4n) is 2.73. The lowest BCUT2D eigenvalue weighted by molar-refractivity contribution is -0.0459. The number of rotatable bonds is 6. The molecule has 3 N–H and O–H groups in total. The minimum Gasteiger partial charge on any atom is -0.497 e. The first kappa shape index (κ1) is 18.7. The average Bonchev–Trinajstić information content (AvgIpc) is 3.02. The van der Waals surface area contributed by atoms with Gasteiger partial charge in [0.2, 0.25) is 0 Å². The Labute approximate surface area is 153 Å². The van der Waals surface area contributed by atoms with Gasteiger partial charge in [-0.1, -0.05) is 0 Å². The van der Waals surface area contributed by atoms with Crippen LogP contribution in [-0.2, 0) is 10.5 Å². The second-order valence-electron chi connectivity index (χ2n) is 5.90. The van der Waals surface area contributed by atoms with Crippen LogP contribution in [0.4, 0.5) is 0 Å². The third kappa shape index (κ3) is 4.01. The molecule has 0 radical (unpaired) electrons. The number of H-pyrrole nitrogens is 1. The number of ether oxygens (including phenoxy) is 2. The highest BCUT2D eigenvalue weighted by Crippen LogP contribution is 2.28. The standard InChI is InChI=1S/C17H20N2O6S/c1-24-11-2-4-12(5-3-11)26-9-10-7-19(17(23)18-16(10)22)15-6-13(21)14(8-20)25-15/h2-5,7,13-15,20-21H,6,8-9H2,1H3,(H,18,22,23)/t13?,14-,15-/m1/s1. The molecule has 1 fully saturated rings. The zero-order valence-electron chi connectivity index (χ0n) is 14.1. The third-order valence-electron chi connectivity index (χ3n) is 4.19. The summed E-state index contributed by atoms with van der Waals surface area (Å²) in [6.07, 6.45) is -0.704. The normalized spacial score (nSPS) is 22.5. The number of aliphatic hydroxyl groups excluding tert-OH is 2. The number of aromatic nitrogens is 2. The maximum Gasteiger partial charge on any atom is 0.330 e. The van der Waals surface area contributed by atoms with Crippen LogP contribution in [0.1, 0.15) is 18.2 Å². The summed E-state index contributed by atoms with van der Waals surface area (Å²) < 4.78 is 11.9. The molecule has 0 aliphatic carbocycles. The Morgan fingerprint density at radius 3 is 2.69 bits per heavy atom. The maximum absolute atomic E-state index is 12.1. The van der Waals surface area contributed by atoms with E-state index in [0.29, 0.717) is 11.3 Å². The fraction of sp³-hybridized carbons (Fsp3) is 0.412. The number of hydrogen-bond donors (Lipinski definition) is 3. The Bertz CT molecular complexity index is 863. The van der Waals surface area contributed by atoms with Gasteiger partial charge >= 0.3 is 5.69 Å². The van der Waals surface area contributed by atoms with Crippen molar-refractivity contribution in [1.82, 2.24) is 9.55 Å². The molecule has 1 aliphatic heterocycles. The molecule has 3 atom stereocenters. The number of aliphatic hydroxyl groups is 2. The molecular weight excluding hydrogens is 360 g/mol. The van der Waals surface area contributed by atoms with E-state index in [9.17, 15) is 19.8 Å². The van der Waals surface area contributed by atoms with E-state index in [4.69, 9.17) is 9.47 Å². The van der Waals surface area contributed by atoms with Gasteiger partial charge in [0.05, 0.1) is 19.8 Å². The van der Waals surface area contributed by atoms with E-state index in [2.05, 4.69) is 4.98 Å². The lowest BCUT2D eigenvalue weighted by Gasteiger charge is -2.15. The van der Waals surface area contributed by atoms with Crippen LogP contribution in [0.3, 0.4) is 0 Å². The van der Waals surface area contributed by atoms with Gasteiger partial charge in [-0.2, -0.15) is 0 Å². The van der Waals surface area contributed by atoms with Crippen LogP contribution in [0.25, 0.3) is 0 Å². The number of hydrogen-bond acceptors (Lipinski definition) is 7. The summed E-state index contributed by atoms with van der Waals surface area (Å²) in [6.45, 7) is -0.337. The molecule has 140 valence electrons. The van der Waals surface area contributed by atoms with Crippen molar-refractivity contribution < 1.29 is 19.7 Å². The summed E-state index contributed by atoms with van der Waals surface area (Å²) >= 11 is 1.45. The molecule has 1 saturated heterocycles. The highest BCUT2D eigenvalue weighted by atomic mass is 32.2. The van der Waals surface area contributed by atoms with Gasteiger partial charge in [-0.15, -0.1) is 11.8 Å². The van der Waals surface area contributed by atoms with E-state index >= 15 is 0 Å². The Hall–Kier alpha value is -2.07. The monoisotopic (exact) mass is 380 g/mol. The predicted molar refractivity (Wildman–Crippen MR) is 95.5 cm³/mol. The van der Waals surface area contributed by atoms with E-state index in [1.54, 1.807) is 7.11 Å². The lowest BCUT2D eigenvalue weighted by atomic mass is 10.2. The van der Waals surface area contributed by atoms with E-state index < -0.39 is 29.7 Å². The Morgan fingerprint density at radius 2 is 2.08 bits per heavy atom. The SMILES string of the molecule is COc1ccc(SCc2cn([C@H]3CC(O)[C@@H](CO)O3)c(=O)[nH]c2=O)cc1. The van der Waals surface area contributed by atoms with Crippen molar-refractivity contribution in [3.63, 3.8) is 0 Å². The quantitative estimate of drug-likeness (QED) is 0.625. The first-order valence-electron chi connectivity index (χ1n) is 8.07. The number of nitrogens with one attached hydrogen (secondary N) is 1. The molecular formula is C17H20N2O6S. The summed E-state index contributed by atoms with van der Waals surface area (Å²) in [4.78, 5) is 27.4. The topological polar surface area (TPSA) is 114 Å². The van der Waals surface area contributed by atoms with Crippen LogP contribution < -0.4 is 16.0 Å². The zero-order chi connectivity index (χ0) is 18.7. The Morgan fingerprint density at radius 1 is 1.35 bits per heavy atom. The summed E-state index contributed by atoms with van der Waals surface area (Å²) in [5, 5.41) is 19.0. The maximum atomic E-state index is 12.1. The molecule has 0 spiro atoms. The van der Waals surface area contributed by atoms with Crippen molar-refractivity contribution >= 4 is 11.8 Å². The molecule has 1 aliphatic rings. The minimum absolute atomic E-state index is 0.169. The first-order chi connectivity index (χ1) is 12.5. The van der Waals surface area contributed by atoms with Gasteiger partial charge < -0.3 is 19.7 Å². The van der Waals surface area contributed by atoms with Gasteiger partial charge in [-0.25, -0.2) is 4.79 Å². The molecule has 0 amide bonds. The highest BCUT2D eigenvalue weighted by molar-refractivity contribution is 7.98. The largest absolute Gasteiger partial charge is 0.497 e. The third-order valence-corrected chi connectivity index (χ3v) is 5.25. The van der Waals surface area contributed by atoms with E-state index in [0.717, 1.165) is 10.6 Å². The Kier molecular flexibility index (Phi) is 5.82. The van der Waals surface area contributed by atoms with Crippen LogP contribution in [0, 0.1) is 0 Å². The molecule has 8 nitrogen and oxygen atoms in total. The molecule has 0 bridgehead atoms. The number of nitrogens with zero attached hydrogens (tertiary/aromatic N) is 1. The molecule has 1 aromatic carbocycles. The van der Waals surface area contributed by atoms with Crippen LogP contribution in [0.15, 0.2) is 44.9 Å². The molecule has 0 saturated carbocycles. The summed E-state index contributed by atoms with van der Waals surface area (Å²) in [5.41, 5.74) is -0.649. The fourth-order valence-corrected chi connectivity index (χ4v) is 3.58. The predicted octanol–water partition coefficient (Wildman–Crippen LogP) is 0.478. The first-order valence-corrected chi connectivity index (χ1v) is 9.06. The van der Waals surface area contributed by atoms with Gasteiger partial charge in [0.25, 0.3) is 5.56 Å². The molecule has 2 aromatic rings. The van der Waals surface area contributed by atoms with Crippen molar-refractivity contribution in [2.45, 2.75) is 35.5 Å². The second-order valence-corrected chi connectivity index (χ2v) is 6.95. The number of aromatic amines is 1. The van der Waals surface area contributed by atoms with Crippen molar-refractivity contribution in [3.05, 3.63) is 56.9 Å². The highest BCUT2D eigenvalue weighted by Gasteiger charge is 2.35. The zero-order valence-corrected chi connectivity index (χ0v) is 14.9. The summed E-state index contributed by atoms with van der Waals surface area (Å²) in [6, 6.07) is 7.43. The second kappa shape index (κ2) is 8.09. The average molecular weight is 380 g/mol. The molecule has 2 heterocycles. The van der Waals surface area contributed by atoms with Gasteiger partial charge in [0.1, 0.15) is 18.1 Å². The molecule has 26 heavy (non-hydrogen) atoms. The van der Waals surface area contributed by atoms with Crippen LogP contribution in [-0.4, -0.2) is 45.7 Å². The lowest BCUT2D eigenvalue weighted by Crippen LogP contribution is -2.34. The number of thioether (sulfide) groups is 1. The van der Waals surface area contributed by atoms with E-state index in [1.807, 2.05) is 24.3 Å². The van der Waals surface area contributed by atoms with Gasteiger partial charge in [0.15, 0.2) is 0 Å². The summed E-state index contributed by atoms with van der Waals surface area (Å²) in [7, 11) is 1.59. The molecule has 1 aromatic heterocycles. The van der Waals surface area contributed by atoms with E-state index in [1.165, 1.54) is 22.5 Å². The minimum atomic E-state index is -0.860. The van der Waals surface area contributed by atoms with Crippen LogP contribution >= 0.6 is 11.8 Å². The summed E-state index contributed by atoms with van der Waals surface area (Å²) in [5.74, 6) is 1.11. The van der Waals surface area contributed by atoms with Crippen LogP contribution in [0.5, 0.6) is 5.75 Å². The Balaban J connectivity index is 1.77. The van der Waals surface area contributed by atoms with Crippen molar-refractivity contribution in [3.8, 4) is 5.75 Å². The number of methoxy groups -OCH3 is 1. The van der Waals surface area contributed by atoms with Gasteiger partial charge in [-0.05, 0) is 24.3 Å². The van der Waals surface area contributed by atoms with Gasteiger partial charge in [-0.3, -0.25) is 14.3 Å². The van der Waals surface area contributed by atoms with Crippen LogP contribution in [0.2, 0.25) is 0 Å². The van der Waals surface area contributed by atoms with Gasteiger partial charge in [0, 0.05) is 28.8 Å². The molecule has 9 heteroatoms.